The van der Waals surface area contributed by atoms with Gasteiger partial charge in [0.1, 0.15) is 11.5 Å². The quantitative estimate of drug-likeness (QED) is 0.695. The van der Waals surface area contributed by atoms with Crippen molar-refractivity contribution in [3.8, 4) is 22.9 Å². The first-order valence-electron chi connectivity index (χ1n) is 8.20. The van der Waals surface area contributed by atoms with Crippen LogP contribution in [0.25, 0.3) is 22.9 Å². The number of hydrogen-bond donors (Lipinski definition) is 1. The highest BCUT2D eigenvalue weighted by Crippen LogP contribution is 2.32. The molecule has 25 heavy (non-hydrogen) atoms. The van der Waals surface area contributed by atoms with Crippen molar-refractivity contribution in [1.29, 1.82) is 0 Å². The molecule has 0 aliphatic carbocycles. The molecule has 0 atom stereocenters. The molecule has 4 rings (SSSR count). The highest BCUT2D eigenvalue weighted by atomic mass is 79.9. The lowest BCUT2D eigenvalue weighted by molar-refractivity contribution is 0.566. The molecule has 0 fully saturated rings. The van der Waals surface area contributed by atoms with Crippen LogP contribution in [-0.4, -0.2) is 25.6 Å². The van der Waals surface area contributed by atoms with Crippen molar-refractivity contribution in [1.82, 2.24) is 19.1 Å². The van der Waals surface area contributed by atoms with E-state index in [9.17, 15) is 4.79 Å². The lowest BCUT2D eigenvalue weighted by Crippen LogP contribution is -2.31. The summed E-state index contributed by atoms with van der Waals surface area (Å²) in [5.74, 6) is 2.12. The van der Waals surface area contributed by atoms with E-state index in [1.54, 1.807) is 9.13 Å². The van der Waals surface area contributed by atoms with Gasteiger partial charge in [-0.3, -0.25) is 9.13 Å². The molecule has 0 saturated heterocycles. The van der Waals surface area contributed by atoms with Gasteiger partial charge in [-0.25, -0.2) is 14.8 Å². The van der Waals surface area contributed by atoms with E-state index in [1.807, 2.05) is 24.3 Å². The molecule has 0 saturated carbocycles. The zero-order chi connectivity index (χ0) is 16.7. The van der Waals surface area contributed by atoms with Gasteiger partial charge in [0.2, 0.25) is 0 Å². The number of nitrogens with one attached hydrogen (secondary N) is 1. The number of benzene rings is 1. The minimum Gasteiger partial charge on any atom is -0.368 e. The van der Waals surface area contributed by atoms with Crippen LogP contribution in [0.4, 0.5) is 5.82 Å². The summed E-state index contributed by atoms with van der Waals surface area (Å²) in [5, 5.41) is 3.28. The van der Waals surface area contributed by atoms with Crippen molar-refractivity contribution >= 4 is 34.2 Å². The molecule has 0 bridgehead atoms. The topological polar surface area (TPSA) is 64.7 Å². The Morgan fingerprint density at radius 3 is 2.72 bits per heavy atom. The summed E-state index contributed by atoms with van der Waals surface area (Å²) in [7, 11) is 0. The highest BCUT2D eigenvalue weighted by Gasteiger charge is 2.27. The molecular formula is C17H19BrClN5O. The van der Waals surface area contributed by atoms with Crippen molar-refractivity contribution in [3.05, 3.63) is 39.2 Å². The number of anilines is 1. The van der Waals surface area contributed by atoms with Gasteiger partial charge < -0.3 is 5.32 Å². The third-order valence-corrected chi connectivity index (χ3v) is 4.85. The Balaban J connectivity index is 0.00000182. The first-order valence-corrected chi connectivity index (χ1v) is 8.99. The van der Waals surface area contributed by atoms with Crippen LogP contribution in [0.2, 0.25) is 0 Å². The summed E-state index contributed by atoms with van der Waals surface area (Å²) in [4.78, 5) is 22.2. The van der Waals surface area contributed by atoms with E-state index in [0.29, 0.717) is 24.7 Å². The van der Waals surface area contributed by atoms with E-state index >= 15 is 0 Å². The first kappa shape index (κ1) is 17.9. The maximum atomic E-state index is 12.8. The smallest absolute Gasteiger partial charge is 0.331 e. The summed E-state index contributed by atoms with van der Waals surface area (Å²) in [6.07, 6.45) is 1.98. The molecule has 0 amide bonds. The molecule has 3 aliphatic heterocycles. The molecule has 0 spiro atoms. The molecule has 1 aromatic carbocycles. The summed E-state index contributed by atoms with van der Waals surface area (Å²) in [6.45, 7) is 4.22. The number of fused-ring (bicyclic) bond motifs is 3. The monoisotopic (exact) mass is 423 g/mol. The Hall–Kier alpha value is -1.86. The van der Waals surface area contributed by atoms with E-state index < -0.39 is 0 Å². The molecule has 0 aromatic heterocycles. The Morgan fingerprint density at radius 2 is 2.00 bits per heavy atom. The Morgan fingerprint density at radius 1 is 1.24 bits per heavy atom. The van der Waals surface area contributed by atoms with Gasteiger partial charge in [-0.1, -0.05) is 41.4 Å². The van der Waals surface area contributed by atoms with Gasteiger partial charge in [-0.2, -0.15) is 0 Å². The second kappa shape index (κ2) is 7.17. The van der Waals surface area contributed by atoms with E-state index in [-0.39, 0.29) is 18.1 Å². The standard InChI is InChI=1S/C17H18BrN5O.ClH/c1-2-3-9-22-16-13(15-19-8-10-23(15)17(22)24)20-14(21-16)11-4-6-12(18)7-5-11;/h4-7,19H,2-3,8-10H2,1H3;1H. The number of rotatable bonds is 4. The fourth-order valence-electron chi connectivity index (χ4n) is 3.06. The molecule has 1 aromatic rings. The van der Waals surface area contributed by atoms with E-state index in [2.05, 4.69) is 33.2 Å². The molecule has 132 valence electrons. The van der Waals surface area contributed by atoms with Crippen LogP contribution in [0, 0.1) is 0 Å². The van der Waals surface area contributed by atoms with Crippen molar-refractivity contribution in [3.63, 3.8) is 0 Å². The average Bonchev–Trinajstić information content (AvgIpc) is 3.22. The maximum absolute atomic E-state index is 12.8. The number of nitrogens with zero attached hydrogens (tertiary/aromatic N) is 4. The Labute approximate surface area is 160 Å². The van der Waals surface area contributed by atoms with Crippen LogP contribution in [-0.2, 0) is 13.1 Å². The van der Waals surface area contributed by atoms with Crippen molar-refractivity contribution < 1.29 is 0 Å². The maximum Gasteiger partial charge on any atom is 0.331 e. The molecule has 3 aliphatic rings. The van der Waals surface area contributed by atoms with E-state index in [1.165, 1.54) is 0 Å². The largest absolute Gasteiger partial charge is 0.368 e. The number of aromatic nitrogens is 4. The number of imidazole rings is 1. The second-order valence-electron chi connectivity index (χ2n) is 5.94. The molecule has 3 heterocycles. The van der Waals surface area contributed by atoms with Crippen molar-refractivity contribution in [2.75, 3.05) is 11.9 Å². The fraction of sp³-hybridized carbons (Fsp3) is 0.353. The van der Waals surface area contributed by atoms with Crippen LogP contribution in [0.1, 0.15) is 19.8 Å². The van der Waals surface area contributed by atoms with Gasteiger partial charge in [0.05, 0.1) is 0 Å². The van der Waals surface area contributed by atoms with Crippen LogP contribution >= 0.6 is 28.3 Å². The zero-order valence-corrected chi connectivity index (χ0v) is 16.2. The van der Waals surface area contributed by atoms with Gasteiger partial charge in [0, 0.05) is 29.7 Å². The molecule has 6 nitrogen and oxygen atoms in total. The number of hydrogen-bond acceptors (Lipinski definition) is 4. The number of unbranched alkanes of at least 4 members (excludes halogenated alkanes) is 1. The Kier molecular flexibility index (Phi) is 5.15. The fourth-order valence-corrected chi connectivity index (χ4v) is 3.32. The average molecular weight is 425 g/mol. The molecule has 1 N–H and O–H groups in total. The van der Waals surface area contributed by atoms with Crippen LogP contribution < -0.4 is 11.0 Å². The van der Waals surface area contributed by atoms with Crippen molar-refractivity contribution in [2.24, 2.45) is 0 Å². The predicted octanol–water partition coefficient (Wildman–Crippen LogP) is 3.62. The van der Waals surface area contributed by atoms with Gasteiger partial charge >= 0.3 is 5.69 Å². The summed E-state index contributed by atoms with van der Waals surface area (Å²) in [5.41, 5.74) is 1.72. The molecule has 0 radical (unpaired) electrons. The van der Waals surface area contributed by atoms with Crippen molar-refractivity contribution in [2.45, 2.75) is 32.9 Å². The molecular weight excluding hydrogens is 406 g/mol. The SMILES string of the molecule is CCCCn1c2nc(-c3ccc(Br)cc3)nc-2c2n(c1=O)CCN2.Cl. The third kappa shape index (κ3) is 3.06. The van der Waals surface area contributed by atoms with E-state index in [0.717, 1.165) is 40.9 Å². The van der Waals surface area contributed by atoms with Gasteiger partial charge in [-0.15, -0.1) is 12.4 Å². The van der Waals surface area contributed by atoms with Gasteiger partial charge in [-0.05, 0) is 18.6 Å². The Bertz CT molecular complexity index is 918. The van der Waals surface area contributed by atoms with Gasteiger partial charge in [0.15, 0.2) is 11.6 Å². The van der Waals surface area contributed by atoms with Crippen LogP contribution in [0.5, 0.6) is 0 Å². The normalized spacial score (nSPS) is 12.7. The minimum atomic E-state index is -0.00166. The van der Waals surface area contributed by atoms with Crippen LogP contribution in [0.3, 0.4) is 0 Å². The molecule has 8 heteroatoms. The minimum absolute atomic E-state index is 0. The zero-order valence-electron chi connectivity index (χ0n) is 13.8. The lowest BCUT2D eigenvalue weighted by Gasteiger charge is -2.13. The third-order valence-electron chi connectivity index (χ3n) is 4.32. The highest BCUT2D eigenvalue weighted by molar-refractivity contribution is 9.10. The predicted molar refractivity (Wildman–Crippen MR) is 105 cm³/mol. The second-order valence-corrected chi connectivity index (χ2v) is 6.86. The van der Waals surface area contributed by atoms with Gasteiger partial charge in [0.25, 0.3) is 0 Å². The lowest BCUT2D eigenvalue weighted by atomic mass is 10.2. The number of halogens is 2. The van der Waals surface area contributed by atoms with Crippen LogP contribution in [0.15, 0.2) is 33.5 Å². The summed E-state index contributed by atoms with van der Waals surface area (Å²) in [6, 6.07) is 7.90. The molecule has 0 unspecified atom stereocenters. The van der Waals surface area contributed by atoms with E-state index in [4.69, 9.17) is 4.98 Å². The summed E-state index contributed by atoms with van der Waals surface area (Å²) < 4.78 is 4.56. The first-order chi connectivity index (χ1) is 11.7. The summed E-state index contributed by atoms with van der Waals surface area (Å²) >= 11 is 3.44.